The van der Waals surface area contributed by atoms with Crippen LogP contribution in [0.15, 0.2) is 73.1 Å². The van der Waals surface area contributed by atoms with E-state index < -0.39 is 6.36 Å². The topological polar surface area (TPSA) is 70.8 Å². The van der Waals surface area contributed by atoms with Gasteiger partial charge in [-0.3, -0.25) is 9.38 Å². The zero-order valence-electron chi connectivity index (χ0n) is 17.8. The van der Waals surface area contributed by atoms with Gasteiger partial charge in [-0.1, -0.05) is 12.1 Å². The van der Waals surface area contributed by atoms with Crippen LogP contribution in [-0.4, -0.2) is 33.1 Å². The summed E-state index contributed by atoms with van der Waals surface area (Å²) in [7, 11) is 1.59. The summed E-state index contributed by atoms with van der Waals surface area (Å²) in [5.74, 6) is 1.62. The predicted molar refractivity (Wildman–Crippen MR) is 118 cm³/mol. The van der Waals surface area contributed by atoms with Gasteiger partial charge in [-0.15, -0.1) is 23.4 Å². The lowest BCUT2D eigenvalue weighted by Crippen LogP contribution is -2.16. The van der Waals surface area contributed by atoms with Crippen LogP contribution in [0.3, 0.4) is 0 Å². The molecule has 0 radical (unpaired) electrons. The van der Waals surface area contributed by atoms with Crippen molar-refractivity contribution in [3.63, 3.8) is 0 Å². The minimum absolute atomic E-state index is 0.147. The first-order valence-electron chi connectivity index (χ1n) is 10.1. The molecule has 34 heavy (non-hydrogen) atoms. The van der Waals surface area contributed by atoms with Gasteiger partial charge >= 0.3 is 6.36 Å². The zero-order chi connectivity index (χ0) is 23.7. The molecule has 0 N–H and O–H groups in total. The largest absolute Gasteiger partial charge is 0.573 e. The Hall–Kier alpha value is -4.34. The maximum absolute atomic E-state index is 12.4. The standard InChI is InChI=1S/C24H17F3N4O3/c1-32-18-7-8-19-20(12-18)28-11-10-21(19)33-14-23-30-29-22-9-4-16(13-31(22)23)15-2-5-17(6-3-15)34-24(25,26)27/h2-13H,14H2,1H3. The third-order valence-electron chi connectivity index (χ3n) is 5.16. The Morgan fingerprint density at radius 3 is 2.41 bits per heavy atom. The highest BCUT2D eigenvalue weighted by molar-refractivity contribution is 5.85. The number of pyridine rings is 2. The van der Waals surface area contributed by atoms with Crippen LogP contribution in [0.1, 0.15) is 5.82 Å². The summed E-state index contributed by atoms with van der Waals surface area (Å²) in [6.45, 7) is 0.147. The van der Waals surface area contributed by atoms with Gasteiger partial charge in [0, 0.05) is 23.8 Å². The fourth-order valence-corrected chi connectivity index (χ4v) is 3.55. The van der Waals surface area contributed by atoms with Crippen molar-refractivity contribution in [2.75, 3.05) is 7.11 Å². The molecule has 0 bridgehead atoms. The number of hydrogen-bond acceptors (Lipinski definition) is 6. The van der Waals surface area contributed by atoms with Crippen molar-refractivity contribution < 1.29 is 27.4 Å². The van der Waals surface area contributed by atoms with Crippen molar-refractivity contribution in [1.29, 1.82) is 0 Å². The molecule has 0 saturated carbocycles. The van der Waals surface area contributed by atoms with Crippen LogP contribution in [0.4, 0.5) is 13.2 Å². The van der Waals surface area contributed by atoms with Gasteiger partial charge in [-0.05, 0) is 53.6 Å². The summed E-state index contributed by atoms with van der Waals surface area (Å²) in [6, 6.07) is 16.6. The first-order chi connectivity index (χ1) is 16.4. The molecule has 0 unspecified atom stereocenters. The van der Waals surface area contributed by atoms with Crippen molar-refractivity contribution in [1.82, 2.24) is 19.6 Å². The third kappa shape index (κ3) is 4.42. The molecule has 7 nitrogen and oxygen atoms in total. The van der Waals surface area contributed by atoms with Crippen molar-refractivity contribution in [2.45, 2.75) is 13.0 Å². The normalized spacial score (nSPS) is 11.6. The second kappa shape index (κ2) is 8.54. The van der Waals surface area contributed by atoms with Gasteiger partial charge in [0.25, 0.3) is 0 Å². The summed E-state index contributed by atoms with van der Waals surface area (Å²) in [6.07, 6.45) is -1.27. The van der Waals surface area contributed by atoms with Crippen LogP contribution in [0.5, 0.6) is 17.2 Å². The maximum atomic E-state index is 12.4. The molecule has 172 valence electrons. The van der Waals surface area contributed by atoms with Crippen molar-refractivity contribution in [2.24, 2.45) is 0 Å². The number of aromatic nitrogens is 4. The minimum atomic E-state index is -4.73. The summed E-state index contributed by atoms with van der Waals surface area (Å²) in [4.78, 5) is 4.35. The van der Waals surface area contributed by atoms with Crippen LogP contribution in [0, 0.1) is 0 Å². The molecule has 0 aliphatic rings. The van der Waals surface area contributed by atoms with Crippen LogP contribution in [0.25, 0.3) is 27.7 Å². The number of fused-ring (bicyclic) bond motifs is 2. The molecule has 0 fully saturated rings. The SMILES string of the molecule is COc1ccc2c(OCc3nnc4ccc(-c5ccc(OC(F)(F)F)cc5)cn34)ccnc2c1. The number of ether oxygens (including phenoxy) is 3. The molecular formula is C24H17F3N4O3. The van der Waals surface area contributed by atoms with Gasteiger partial charge in [0.2, 0.25) is 0 Å². The fourth-order valence-electron chi connectivity index (χ4n) is 3.55. The predicted octanol–water partition coefficient (Wildman–Crippen LogP) is 5.43. The van der Waals surface area contributed by atoms with E-state index in [4.69, 9.17) is 9.47 Å². The second-order valence-electron chi connectivity index (χ2n) is 7.32. The van der Waals surface area contributed by atoms with Crippen LogP contribution in [-0.2, 0) is 6.61 Å². The molecule has 0 spiro atoms. The van der Waals surface area contributed by atoms with Crippen LogP contribution in [0.2, 0.25) is 0 Å². The minimum Gasteiger partial charge on any atom is -0.497 e. The van der Waals surface area contributed by atoms with Crippen molar-refractivity contribution in [3.05, 3.63) is 78.9 Å². The van der Waals surface area contributed by atoms with Gasteiger partial charge in [0.05, 0.1) is 12.6 Å². The summed E-state index contributed by atoms with van der Waals surface area (Å²) in [5, 5.41) is 9.21. The van der Waals surface area contributed by atoms with Crippen LogP contribution >= 0.6 is 0 Å². The molecule has 5 aromatic rings. The molecule has 3 aromatic heterocycles. The summed E-state index contributed by atoms with van der Waals surface area (Å²) in [5.41, 5.74) is 2.84. The number of methoxy groups -OCH3 is 1. The molecule has 0 amide bonds. The van der Waals surface area contributed by atoms with E-state index in [0.29, 0.717) is 28.5 Å². The Kier molecular flexibility index (Phi) is 5.40. The highest BCUT2D eigenvalue weighted by Gasteiger charge is 2.31. The molecule has 5 rings (SSSR count). The average molecular weight is 466 g/mol. The highest BCUT2D eigenvalue weighted by atomic mass is 19.4. The Balaban J connectivity index is 1.39. The first-order valence-corrected chi connectivity index (χ1v) is 10.1. The van der Waals surface area contributed by atoms with Crippen molar-refractivity contribution >= 4 is 16.6 Å². The number of nitrogens with zero attached hydrogens (tertiary/aromatic N) is 4. The monoisotopic (exact) mass is 466 g/mol. The molecule has 0 atom stereocenters. The lowest BCUT2D eigenvalue weighted by atomic mass is 10.1. The maximum Gasteiger partial charge on any atom is 0.573 e. The van der Waals surface area contributed by atoms with E-state index in [9.17, 15) is 13.2 Å². The average Bonchev–Trinajstić information content (AvgIpc) is 3.24. The lowest BCUT2D eigenvalue weighted by molar-refractivity contribution is -0.274. The lowest BCUT2D eigenvalue weighted by Gasteiger charge is -2.10. The number of benzene rings is 2. The van der Waals surface area contributed by atoms with Crippen molar-refractivity contribution in [3.8, 4) is 28.4 Å². The van der Waals surface area contributed by atoms with Gasteiger partial charge in [0.1, 0.15) is 23.9 Å². The van der Waals surface area contributed by atoms with Crippen LogP contribution < -0.4 is 14.2 Å². The van der Waals surface area contributed by atoms with Gasteiger partial charge in [0.15, 0.2) is 11.5 Å². The smallest absolute Gasteiger partial charge is 0.497 e. The number of hydrogen-bond donors (Lipinski definition) is 0. The molecular weight excluding hydrogens is 449 g/mol. The Bertz CT molecular complexity index is 1470. The Morgan fingerprint density at radius 2 is 1.65 bits per heavy atom. The molecule has 3 heterocycles. The Morgan fingerprint density at radius 1 is 0.882 bits per heavy atom. The third-order valence-corrected chi connectivity index (χ3v) is 5.16. The van der Waals surface area contributed by atoms with Gasteiger partial charge in [-0.25, -0.2) is 0 Å². The van der Waals surface area contributed by atoms with E-state index in [1.807, 2.05) is 30.5 Å². The highest BCUT2D eigenvalue weighted by Crippen LogP contribution is 2.29. The molecule has 2 aromatic carbocycles. The Labute approximate surface area is 191 Å². The first kappa shape index (κ1) is 21.5. The van der Waals surface area contributed by atoms with Gasteiger partial charge in [-0.2, -0.15) is 0 Å². The second-order valence-corrected chi connectivity index (χ2v) is 7.32. The number of alkyl halides is 3. The van der Waals surface area contributed by atoms with E-state index in [0.717, 1.165) is 16.5 Å². The van der Waals surface area contributed by atoms with E-state index in [1.165, 1.54) is 12.1 Å². The van der Waals surface area contributed by atoms with E-state index in [-0.39, 0.29) is 12.4 Å². The fraction of sp³-hybridized carbons (Fsp3) is 0.125. The summed E-state index contributed by atoms with van der Waals surface area (Å²) >= 11 is 0. The van der Waals surface area contributed by atoms with E-state index in [2.05, 4.69) is 19.9 Å². The van der Waals surface area contributed by atoms with E-state index in [1.54, 1.807) is 42.0 Å². The number of halogens is 3. The molecule has 10 heteroatoms. The quantitative estimate of drug-likeness (QED) is 0.332. The molecule has 0 saturated heterocycles. The molecule has 0 aliphatic carbocycles. The summed E-state index contributed by atoms with van der Waals surface area (Å²) < 4.78 is 54.2. The zero-order valence-corrected chi connectivity index (χ0v) is 17.8. The molecule has 0 aliphatic heterocycles. The number of rotatable bonds is 6. The van der Waals surface area contributed by atoms with Gasteiger partial charge < -0.3 is 14.2 Å². The van der Waals surface area contributed by atoms with E-state index >= 15 is 0 Å².